The third-order valence-electron chi connectivity index (χ3n) is 1.79. The fraction of sp³-hybridized carbons (Fsp3) is 0.600. The molecule has 0 rings (SSSR count). The first-order valence-corrected chi connectivity index (χ1v) is 5.43. The van der Waals surface area contributed by atoms with Crippen LogP contribution in [0, 0.1) is 0 Å². The Bertz CT molecular complexity index is 244. The highest BCUT2D eigenvalue weighted by molar-refractivity contribution is 7.80. The van der Waals surface area contributed by atoms with Gasteiger partial charge in [-0.3, -0.25) is 9.59 Å². The summed E-state index contributed by atoms with van der Waals surface area (Å²) in [6.45, 7) is 6.84. The first-order valence-electron chi connectivity index (χ1n) is 4.80. The predicted molar refractivity (Wildman–Crippen MR) is 63.9 cm³/mol. The van der Waals surface area contributed by atoms with E-state index in [2.05, 4.69) is 29.8 Å². The Labute approximate surface area is 95.9 Å². The van der Waals surface area contributed by atoms with Gasteiger partial charge in [0.25, 0.3) is 0 Å². The van der Waals surface area contributed by atoms with Gasteiger partial charge in [0.2, 0.25) is 11.8 Å². The van der Waals surface area contributed by atoms with Gasteiger partial charge in [0, 0.05) is 18.7 Å². The Hall–Kier alpha value is -0.970. The number of carbonyl (C=O) groups is 2. The van der Waals surface area contributed by atoms with Crippen molar-refractivity contribution in [3.8, 4) is 0 Å². The molecule has 0 aliphatic rings. The van der Waals surface area contributed by atoms with Crippen LogP contribution < -0.4 is 10.6 Å². The molecular formula is C10H18N2O2S. The number of amides is 2. The van der Waals surface area contributed by atoms with Crippen LogP contribution in [0.5, 0.6) is 0 Å². The van der Waals surface area contributed by atoms with E-state index >= 15 is 0 Å². The number of hydrogen-bond acceptors (Lipinski definition) is 3. The van der Waals surface area contributed by atoms with Gasteiger partial charge in [-0.2, -0.15) is 12.6 Å². The van der Waals surface area contributed by atoms with Gasteiger partial charge in [0.15, 0.2) is 0 Å². The van der Waals surface area contributed by atoms with E-state index < -0.39 is 6.04 Å². The minimum Gasteiger partial charge on any atom is -0.352 e. The summed E-state index contributed by atoms with van der Waals surface area (Å²) >= 11 is 4.01. The van der Waals surface area contributed by atoms with Gasteiger partial charge in [-0.25, -0.2) is 0 Å². The fourth-order valence-electron chi connectivity index (χ4n) is 1.09. The second kappa shape index (κ2) is 7.34. The summed E-state index contributed by atoms with van der Waals surface area (Å²) in [6.07, 6.45) is 2.43. The number of rotatable bonds is 6. The lowest BCUT2D eigenvalue weighted by atomic mass is 10.2. The minimum atomic E-state index is -0.571. The lowest BCUT2D eigenvalue weighted by Gasteiger charge is -2.18. The molecule has 5 heteroatoms. The van der Waals surface area contributed by atoms with Crippen molar-refractivity contribution in [2.75, 3.05) is 5.75 Å². The summed E-state index contributed by atoms with van der Waals surface area (Å²) in [4.78, 5) is 22.4. The van der Waals surface area contributed by atoms with E-state index in [9.17, 15) is 9.59 Å². The minimum absolute atomic E-state index is 0.0196. The normalized spacial score (nSPS) is 13.8. The van der Waals surface area contributed by atoms with Crippen molar-refractivity contribution in [3.63, 3.8) is 0 Å². The topological polar surface area (TPSA) is 58.2 Å². The maximum Gasteiger partial charge on any atom is 0.243 e. The van der Waals surface area contributed by atoms with Crippen molar-refractivity contribution in [2.24, 2.45) is 0 Å². The first kappa shape index (κ1) is 14.0. The van der Waals surface area contributed by atoms with Gasteiger partial charge in [0.05, 0.1) is 0 Å². The van der Waals surface area contributed by atoms with Crippen molar-refractivity contribution in [3.05, 3.63) is 12.7 Å². The van der Waals surface area contributed by atoms with E-state index in [1.807, 2.05) is 6.92 Å². The molecule has 2 amide bonds. The van der Waals surface area contributed by atoms with Gasteiger partial charge in [-0.15, -0.1) is 6.58 Å². The highest BCUT2D eigenvalue weighted by atomic mass is 32.1. The van der Waals surface area contributed by atoms with Crippen molar-refractivity contribution >= 4 is 24.4 Å². The van der Waals surface area contributed by atoms with Crippen molar-refractivity contribution in [2.45, 2.75) is 32.4 Å². The van der Waals surface area contributed by atoms with Crippen molar-refractivity contribution in [1.29, 1.82) is 0 Å². The summed E-state index contributed by atoms with van der Waals surface area (Å²) in [6, 6.07) is -0.552. The van der Waals surface area contributed by atoms with Crippen LogP contribution in [0.15, 0.2) is 12.7 Å². The lowest BCUT2D eigenvalue weighted by molar-refractivity contribution is -0.127. The molecule has 2 N–H and O–H groups in total. The van der Waals surface area contributed by atoms with Gasteiger partial charge in [0.1, 0.15) is 6.04 Å². The van der Waals surface area contributed by atoms with Crippen LogP contribution in [0.3, 0.4) is 0 Å². The Morgan fingerprint density at radius 2 is 2.07 bits per heavy atom. The third kappa shape index (κ3) is 6.17. The van der Waals surface area contributed by atoms with Crippen LogP contribution in [0.25, 0.3) is 0 Å². The maximum atomic E-state index is 11.6. The van der Waals surface area contributed by atoms with Crippen LogP contribution in [0.1, 0.15) is 20.3 Å². The molecule has 0 aromatic rings. The van der Waals surface area contributed by atoms with E-state index in [1.54, 1.807) is 6.08 Å². The summed E-state index contributed by atoms with van der Waals surface area (Å²) in [5.41, 5.74) is 0. The SMILES string of the molecule is C=CCC(C)NC(=O)C(CS)NC(C)=O. The van der Waals surface area contributed by atoms with E-state index in [1.165, 1.54) is 6.92 Å². The summed E-state index contributed by atoms with van der Waals surface area (Å²) in [7, 11) is 0. The summed E-state index contributed by atoms with van der Waals surface area (Å²) < 4.78 is 0. The first-order chi connectivity index (χ1) is 7.01. The molecule has 0 bridgehead atoms. The molecule has 0 saturated heterocycles. The molecule has 2 atom stereocenters. The van der Waals surface area contributed by atoms with E-state index in [4.69, 9.17) is 0 Å². The molecule has 0 aromatic heterocycles. The van der Waals surface area contributed by atoms with Crippen LogP contribution in [0.4, 0.5) is 0 Å². The molecule has 0 heterocycles. The smallest absolute Gasteiger partial charge is 0.243 e. The van der Waals surface area contributed by atoms with Crippen LogP contribution >= 0.6 is 12.6 Å². The number of carbonyl (C=O) groups excluding carboxylic acids is 2. The fourth-order valence-corrected chi connectivity index (χ4v) is 1.35. The van der Waals surface area contributed by atoms with Crippen LogP contribution in [0.2, 0.25) is 0 Å². The average Bonchev–Trinajstić information content (AvgIpc) is 2.13. The Kier molecular flexibility index (Phi) is 6.86. The second-order valence-corrected chi connectivity index (χ2v) is 3.73. The second-order valence-electron chi connectivity index (χ2n) is 3.37. The number of thiol groups is 1. The van der Waals surface area contributed by atoms with Crippen molar-refractivity contribution < 1.29 is 9.59 Å². The molecule has 0 spiro atoms. The third-order valence-corrected chi connectivity index (χ3v) is 2.15. The van der Waals surface area contributed by atoms with E-state index in [-0.39, 0.29) is 23.6 Å². The standard InChI is InChI=1S/C10H18N2O2S/c1-4-5-7(2)11-10(14)9(6-15)12-8(3)13/h4,7,9,15H,1,5-6H2,2-3H3,(H,11,14)(H,12,13). The quantitative estimate of drug-likeness (QED) is 0.460. The molecule has 15 heavy (non-hydrogen) atoms. The Balaban J connectivity index is 4.14. The maximum absolute atomic E-state index is 11.6. The average molecular weight is 230 g/mol. The monoisotopic (exact) mass is 230 g/mol. The van der Waals surface area contributed by atoms with Crippen LogP contribution in [-0.4, -0.2) is 29.7 Å². The largest absolute Gasteiger partial charge is 0.352 e. The molecule has 4 nitrogen and oxygen atoms in total. The summed E-state index contributed by atoms with van der Waals surface area (Å²) in [5.74, 6) is -0.165. The van der Waals surface area contributed by atoms with E-state index in [0.717, 1.165) is 0 Å². The highest BCUT2D eigenvalue weighted by Crippen LogP contribution is 1.94. The molecule has 86 valence electrons. The van der Waals surface area contributed by atoms with Gasteiger partial charge >= 0.3 is 0 Å². The van der Waals surface area contributed by atoms with Gasteiger partial charge in [-0.1, -0.05) is 6.08 Å². The molecule has 0 aliphatic carbocycles. The Morgan fingerprint density at radius 1 is 1.47 bits per heavy atom. The molecule has 0 aromatic carbocycles. The lowest BCUT2D eigenvalue weighted by Crippen LogP contribution is -2.49. The van der Waals surface area contributed by atoms with Crippen LogP contribution in [-0.2, 0) is 9.59 Å². The molecule has 0 radical (unpaired) electrons. The Morgan fingerprint density at radius 3 is 2.47 bits per heavy atom. The zero-order valence-corrected chi connectivity index (χ0v) is 10.0. The summed E-state index contributed by atoms with van der Waals surface area (Å²) in [5, 5.41) is 5.29. The molecular weight excluding hydrogens is 212 g/mol. The molecule has 0 saturated carbocycles. The van der Waals surface area contributed by atoms with Gasteiger partial charge in [-0.05, 0) is 13.3 Å². The molecule has 2 unspecified atom stereocenters. The van der Waals surface area contributed by atoms with E-state index in [0.29, 0.717) is 6.42 Å². The van der Waals surface area contributed by atoms with Gasteiger partial charge < -0.3 is 10.6 Å². The number of nitrogens with one attached hydrogen (secondary N) is 2. The number of hydrogen-bond donors (Lipinski definition) is 3. The zero-order chi connectivity index (χ0) is 11.8. The zero-order valence-electron chi connectivity index (χ0n) is 9.12. The predicted octanol–water partition coefficient (Wildman–Crippen LogP) is 0.502. The highest BCUT2D eigenvalue weighted by Gasteiger charge is 2.18. The van der Waals surface area contributed by atoms with Crippen molar-refractivity contribution in [1.82, 2.24) is 10.6 Å². The molecule has 0 aliphatic heterocycles. The molecule has 0 fully saturated rings.